The van der Waals surface area contributed by atoms with Crippen LogP contribution in [-0.4, -0.2) is 55.9 Å². The first kappa shape index (κ1) is 26.7. The van der Waals surface area contributed by atoms with E-state index in [4.69, 9.17) is 16.7 Å². The van der Waals surface area contributed by atoms with Gasteiger partial charge in [0.1, 0.15) is 0 Å². The second kappa shape index (κ2) is 12.1. The van der Waals surface area contributed by atoms with Crippen molar-refractivity contribution in [2.45, 2.75) is 22.3 Å². The molecule has 3 rings (SSSR count). The van der Waals surface area contributed by atoms with Crippen LogP contribution in [0.5, 0.6) is 0 Å². The minimum absolute atomic E-state index is 0.0537. The fourth-order valence-electron chi connectivity index (χ4n) is 3.49. The molecule has 3 aromatic carbocycles. The molecule has 0 bridgehead atoms. The van der Waals surface area contributed by atoms with E-state index in [2.05, 4.69) is 10.6 Å². The Morgan fingerprint density at radius 3 is 2.34 bits per heavy atom. The lowest BCUT2D eigenvalue weighted by Gasteiger charge is -2.13. The zero-order valence-corrected chi connectivity index (χ0v) is 20.4. The van der Waals surface area contributed by atoms with Gasteiger partial charge >= 0.3 is 5.97 Å². The van der Waals surface area contributed by atoms with Gasteiger partial charge in [0.15, 0.2) is 0 Å². The highest BCUT2D eigenvalue weighted by Gasteiger charge is 2.21. The summed E-state index contributed by atoms with van der Waals surface area (Å²) >= 11 is 5.95. The van der Waals surface area contributed by atoms with Crippen molar-refractivity contribution in [3.8, 4) is 0 Å². The second-order valence-corrected chi connectivity index (χ2v) is 10.2. The minimum atomic E-state index is -3.92. The molecule has 0 unspecified atom stereocenters. The smallest absolute Gasteiger partial charge is 0.337 e. The summed E-state index contributed by atoms with van der Waals surface area (Å²) in [5.74, 6) is -1.27. The van der Waals surface area contributed by atoms with Gasteiger partial charge in [-0.3, -0.25) is 0 Å². The SMILES string of the molecule is O=C(O)c1cc(S(=O)(=O)c2ccc(CCNC[C@@H](O)c3cccc(Cl)c3)cc2)ccc1NCCO. The largest absolute Gasteiger partial charge is 0.478 e. The van der Waals surface area contributed by atoms with Crippen LogP contribution in [0.1, 0.15) is 27.6 Å². The summed E-state index contributed by atoms with van der Waals surface area (Å²) in [5, 5.41) is 35.1. The quantitative estimate of drug-likeness (QED) is 0.231. The summed E-state index contributed by atoms with van der Waals surface area (Å²) in [6.45, 7) is 0.877. The number of carbonyl (C=O) groups is 1. The Morgan fingerprint density at radius 2 is 1.69 bits per heavy atom. The van der Waals surface area contributed by atoms with Crippen molar-refractivity contribution in [1.29, 1.82) is 0 Å². The zero-order valence-electron chi connectivity index (χ0n) is 18.8. The van der Waals surface area contributed by atoms with E-state index in [-0.39, 0.29) is 34.2 Å². The molecule has 3 aromatic rings. The van der Waals surface area contributed by atoms with Crippen LogP contribution in [0.3, 0.4) is 0 Å². The van der Waals surface area contributed by atoms with Crippen molar-refractivity contribution >= 4 is 33.1 Å². The second-order valence-electron chi connectivity index (χ2n) is 7.84. The van der Waals surface area contributed by atoms with E-state index in [1.807, 2.05) is 0 Å². The molecule has 35 heavy (non-hydrogen) atoms. The summed E-state index contributed by atoms with van der Waals surface area (Å²) in [6, 6.07) is 17.3. The summed E-state index contributed by atoms with van der Waals surface area (Å²) in [5.41, 5.74) is 1.67. The number of aliphatic hydroxyl groups is 2. The van der Waals surface area contributed by atoms with E-state index in [0.29, 0.717) is 24.5 Å². The van der Waals surface area contributed by atoms with E-state index in [1.54, 1.807) is 36.4 Å². The predicted molar refractivity (Wildman–Crippen MR) is 134 cm³/mol. The summed E-state index contributed by atoms with van der Waals surface area (Å²) in [4.78, 5) is 11.5. The molecule has 0 aliphatic heterocycles. The highest BCUT2D eigenvalue weighted by molar-refractivity contribution is 7.91. The number of rotatable bonds is 12. The molecule has 0 aliphatic carbocycles. The maximum absolute atomic E-state index is 13.0. The van der Waals surface area contributed by atoms with Gasteiger partial charge in [0.25, 0.3) is 0 Å². The fraction of sp³-hybridized carbons (Fsp3) is 0.240. The van der Waals surface area contributed by atoms with Crippen LogP contribution < -0.4 is 10.6 Å². The molecule has 0 spiro atoms. The maximum atomic E-state index is 13.0. The number of benzene rings is 3. The van der Waals surface area contributed by atoms with Crippen LogP contribution in [0.4, 0.5) is 5.69 Å². The third-order valence-electron chi connectivity index (χ3n) is 5.35. The normalized spacial score (nSPS) is 12.3. The van der Waals surface area contributed by atoms with Gasteiger partial charge in [-0.2, -0.15) is 0 Å². The fourth-order valence-corrected chi connectivity index (χ4v) is 4.97. The third kappa shape index (κ3) is 7.03. The number of aliphatic hydroxyl groups excluding tert-OH is 2. The number of anilines is 1. The van der Waals surface area contributed by atoms with Crippen molar-refractivity contribution in [3.63, 3.8) is 0 Å². The van der Waals surface area contributed by atoms with Gasteiger partial charge in [0, 0.05) is 23.8 Å². The van der Waals surface area contributed by atoms with E-state index in [0.717, 1.165) is 17.2 Å². The molecule has 186 valence electrons. The van der Waals surface area contributed by atoms with E-state index < -0.39 is 21.9 Å². The van der Waals surface area contributed by atoms with E-state index in [9.17, 15) is 23.4 Å². The molecule has 0 amide bonds. The number of aromatic carboxylic acids is 1. The van der Waals surface area contributed by atoms with Crippen LogP contribution in [0.15, 0.2) is 76.5 Å². The minimum Gasteiger partial charge on any atom is -0.478 e. The van der Waals surface area contributed by atoms with Gasteiger partial charge in [-0.05, 0) is 66.6 Å². The van der Waals surface area contributed by atoms with Crippen LogP contribution >= 0.6 is 11.6 Å². The Balaban J connectivity index is 1.62. The summed E-state index contributed by atoms with van der Waals surface area (Å²) < 4.78 is 26.1. The van der Waals surface area contributed by atoms with Crippen molar-refractivity contribution in [1.82, 2.24) is 5.32 Å². The molecule has 0 radical (unpaired) electrons. The predicted octanol–water partition coefficient (Wildman–Crippen LogP) is 3.14. The average molecular weight is 519 g/mol. The summed E-state index contributed by atoms with van der Waals surface area (Å²) in [6.07, 6.45) is -0.0705. The first-order valence-electron chi connectivity index (χ1n) is 10.9. The topological polar surface area (TPSA) is 136 Å². The van der Waals surface area contributed by atoms with Crippen molar-refractivity contribution in [2.75, 3.05) is 31.6 Å². The monoisotopic (exact) mass is 518 g/mol. The maximum Gasteiger partial charge on any atom is 0.337 e. The number of hydrogen-bond donors (Lipinski definition) is 5. The summed E-state index contributed by atoms with van der Waals surface area (Å²) in [7, 11) is -3.92. The molecule has 0 aromatic heterocycles. The van der Waals surface area contributed by atoms with Gasteiger partial charge < -0.3 is 26.0 Å². The Bertz CT molecular complexity index is 1270. The van der Waals surface area contributed by atoms with Gasteiger partial charge in [0.2, 0.25) is 9.84 Å². The number of hydrogen-bond acceptors (Lipinski definition) is 7. The Morgan fingerprint density at radius 1 is 0.971 bits per heavy atom. The Labute approximate surface area is 209 Å². The molecule has 0 heterocycles. The molecule has 5 N–H and O–H groups in total. The lowest BCUT2D eigenvalue weighted by atomic mass is 10.1. The number of halogens is 1. The molecule has 0 aliphatic rings. The standard InChI is InChI=1S/C25H27ClN2O6S/c26-19-3-1-2-18(14-19)24(30)16-27-11-10-17-4-6-20(7-5-17)35(33,34)21-8-9-23(28-12-13-29)22(15-21)25(31)32/h1-9,14-15,24,27-30H,10-13,16H2,(H,31,32)/t24-/m1/s1. The number of nitrogens with one attached hydrogen (secondary N) is 2. The first-order chi connectivity index (χ1) is 16.7. The molecule has 10 heteroatoms. The Kier molecular flexibility index (Phi) is 9.25. The number of sulfone groups is 1. The molecule has 1 atom stereocenters. The lowest BCUT2D eigenvalue weighted by molar-refractivity contribution is 0.0697. The van der Waals surface area contributed by atoms with Crippen molar-refractivity contribution < 1.29 is 28.5 Å². The zero-order chi connectivity index (χ0) is 25.4. The van der Waals surface area contributed by atoms with Crippen LogP contribution in [0.25, 0.3) is 0 Å². The molecule has 0 saturated carbocycles. The van der Waals surface area contributed by atoms with Crippen LogP contribution in [-0.2, 0) is 16.3 Å². The highest BCUT2D eigenvalue weighted by Crippen LogP contribution is 2.26. The lowest BCUT2D eigenvalue weighted by Crippen LogP contribution is -2.23. The van der Waals surface area contributed by atoms with E-state index >= 15 is 0 Å². The van der Waals surface area contributed by atoms with E-state index in [1.165, 1.54) is 24.3 Å². The molecule has 8 nitrogen and oxygen atoms in total. The third-order valence-corrected chi connectivity index (χ3v) is 7.36. The number of carboxylic acids is 1. The molecule has 0 fully saturated rings. The first-order valence-corrected chi connectivity index (χ1v) is 12.8. The highest BCUT2D eigenvalue weighted by atomic mass is 35.5. The Hall–Kier alpha value is -2.95. The number of carboxylic acid groups (broad SMARTS) is 1. The van der Waals surface area contributed by atoms with Crippen LogP contribution in [0, 0.1) is 0 Å². The average Bonchev–Trinajstić information content (AvgIpc) is 2.85. The van der Waals surface area contributed by atoms with Gasteiger partial charge in [-0.25, -0.2) is 13.2 Å². The molecular weight excluding hydrogens is 492 g/mol. The molecular formula is C25H27ClN2O6S. The molecule has 0 saturated heterocycles. The van der Waals surface area contributed by atoms with Gasteiger partial charge in [0.05, 0.1) is 28.1 Å². The van der Waals surface area contributed by atoms with Crippen molar-refractivity contribution in [3.05, 3.63) is 88.4 Å². The van der Waals surface area contributed by atoms with Gasteiger partial charge in [-0.15, -0.1) is 0 Å². The van der Waals surface area contributed by atoms with Crippen LogP contribution in [0.2, 0.25) is 5.02 Å². The van der Waals surface area contributed by atoms with Crippen molar-refractivity contribution in [2.24, 2.45) is 0 Å². The van der Waals surface area contributed by atoms with Gasteiger partial charge in [-0.1, -0.05) is 35.9 Å².